The minimum absolute atomic E-state index is 0.451. The van der Waals surface area contributed by atoms with Crippen molar-refractivity contribution < 1.29 is 14.1 Å². The maximum absolute atomic E-state index is 2.37. The van der Waals surface area contributed by atoms with Gasteiger partial charge < -0.3 is 0 Å². The van der Waals surface area contributed by atoms with E-state index in [4.69, 9.17) is 0 Å². The van der Waals surface area contributed by atoms with Crippen LogP contribution in [0.5, 0.6) is 0 Å². The molecule has 0 spiro atoms. The molecule has 0 aliphatic carbocycles. The van der Waals surface area contributed by atoms with Crippen molar-refractivity contribution in [2.24, 2.45) is 0 Å². The number of rotatable bonds is 12. The van der Waals surface area contributed by atoms with Gasteiger partial charge in [-0.3, -0.25) is 0 Å². The first-order valence-corrected chi connectivity index (χ1v) is 22.9. The SMILES string of the molecule is CC.c1ccc(P([CH2][Cr]([CH2]P(c2ccccc2)c2ccccc2)[CH2]P(c2ccccc2)c2ccccc2)c2ccccc2)cc1. The zero-order valence-electron chi connectivity index (χ0n) is 26.2. The third-order valence-electron chi connectivity index (χ3n) is 7.34. The molecular weight excluding hydrogens is 637 g/mol. The summed E-state index contributed by atoms with van der Waals surface area (Å²) in [7, 11) is -1.35. The Kier molecular flexibility index (Phi) is 13.6. The maximum atomic E-state index is 2.37. The average Bonchev–Trinajstić information content (AvgIpc) is 3.14. The van der Waals surface area contributed by atoms with Crippen LogP contribution in [0, 0.1) is 0 Å². The van der Waals surface area contributed by atoms with Gasteiger partial charge in [-0.05, 0) is 0 Å². The molecule has 6 rings (SSSR count). The van der Waals surface area contributed by atoms with Crippen LogP contribution in [-0.2, 0) is 14.1 Å². The van der Waals surface area contributed by atoms with Crippen molar-refractivity contribution in [2.45, 2.75) is 13.8 Å². The van der Waals surface area contributed by atoms with E-state index in [1.807, 2.05) is 13.8 Å². The molecule has 6 aromatic carbocycles. The summed E-state index contributed by atoms with van der Waals surface area (Å²) in [6.07, 6.45) is 0. The molecule has 0 aliphatic rings. The first kappa shape index (κ1) is 33.5. The van der Waals surface area contributed by atoms with Gasteiger partial charge in [0, 0.05) is 0 Å². The topological polar surface area (TPSA) is 0 Å². The fraction of sp³-hybridized carbons (Fsp3) is 0.122. The van der Waals surface area contributed by atoms with Crippen LogP contribution in [0.1, 0.15) is 13.8 Å². The van der Waals surface area contributed by atoms with E-state index in [1.165, 1.54) is 46.9 Å². The Morgan fingerprint density at radius 2 is 0.444 bits per heavy atom. The predicted molar refractivity (Wildman–Crippen MR) is 203 cm³/mol. The molecule has 0 saturated heterocycles. The van der Waals surface area contributed by atoms with Crippen molar-refractivity contribution in [1.82, 2.24) is 0 Å². The van der Waals surface area contributed by atoms with E-state index in [9.17, 15) is 0 Å². The molecule has 0 atom stereocenters. The predicted octanol–water partition coefficient (Wildman–Crippen LogP) is 8.90. The van der Waals surface area contributed by atoms with E-state index in [0.29, 0.717) is 0 Å². The Morgan fingerprint density at radius 3 is 0.600 bits per heavy atom. The van der Waals surface area contributed by atoms with Gasteiger partial charge in [0.05, 0.1) is 0 Å². The Labute approximate surface area is 279 Å². The van der Waals surface area contributed by atoms with Crippen LogP contribution >= 0.6 is 23.8 Å². The molecule has 0 bridgehead atoms. The molecule has 0 amide bonds. The fourth-order valence-electron chi connectivity index (χ4n) is 5.21. The summed E-state index contributed by atoms with van der Waals surface area (Å²) in [5.74, 6) is 0. The van der Waals surface area contributed by atoms with Crippen LogP contribution in [0.3, 0.4) is 0 Å². The van der Waals surface area contributed by atoms with Crippen LogP contribution in [0.15, 0.2) is 182 Å². The van der Waals surface area contributed by atoms with Crippen molar-refractivity contribution >= 4 is 55.6 Å². The summed E-state index contributed by atoms with van der Waals surface area (Å²) in [5, 5.41) is 12.9. The Balaban J connectivity index is 0.00000196. The molecule has 4 heteroatoms. The van der Waals surface area contributed by atoms with Gasteiger partial charge in [0.1, 0.15) is 0 Å². The van der Waals surface area contributed by atoms with Crippen LogP contribution in [-0.4, -0.2) is 15.1 Å². The Bertz CT molecular complexity index is 1310. The van der Waals surface area contributed by atoms with Gasteiger partial charge in [0.2, 0.25) is 0 Å². The number of hydrogen-bond donors (Lipinski definition) is 0. The molecular formula is C41H42CrP3. The van der Waals surface area contributed by atoms with Gasteiger partial charge in [-0.2, -0.15) is 0 Å². The van der Waals surface area contributed by atoms with Gasteiger partial charge in [-0.1, -0.05) is 13.8 Å². The van der Waals surface area contributed by atoms with E-state index in [2.05, 4.69) is 182 Å². The van der Waals surface area contributed by atoms with Crippen molar-refractivity contribution in [1.29, 1.82) is 0 Å². The average molecular weight is 680 g/mol. The molecule has 6 aromatic rings. The van der Waals surface area contributed by atoms with Crippen molar-refractivity contribution in [3.8, 4) is 0 Å². The van der Waals surface area contributed by atoms with E-state index in [1.54, 1.807) is 0 Å². The Morgan fingerprint density at radius 1 is 0.289 bits per heavy atom. The van der Waals surface area contributed by atoms with Crippen molar-refractivity contribution in [3.05, 3.63) is 182 Å². The fourth-order valence-corrected chi connectivity index (χ4v) is 25.0. The van der Waals surface area contributed by atoms with Crippen LogP contribution in [0.2, 0.25) is 0 Å². The molecule has 0 aromatic heterocycles. The standard InChI is InChI=1S/3C13H12P.C2H6.Cr/c3*1-14(12-8-4-2-5-9-12)13-10-6-3-7-11-13;1-2;/h3*2-11H,1H2;1-2H3;. The monoisotopic (exact) mass is 679 g/mol. The van der Waals surface area contributed by atoms with Gasteiger partial charge in [0.25, 0.3) is 0 Å². The van der Waals surface area contributed by atoms with Gasteiger partial charge >= 0.3 is 267 Å². The zero-order chi connectivity index (χ0) is 31.1. The van der Waals surface area contributed by atoms with Gasteiger partial charge in [-0.25, -0.2) is 0 Å². The summed E-state index contributed by atoms with van der Waals surface area (Å²) < 4.78 is 0. The normalized spacial score (nSPS) is 11.1. The van der Waals surface area contributed by atoms with E-state index < -0.39 is 37.9 Å². The Hall–Kier alpha value is -2.86. The zero-order valence-corrected chi connectivity index (χ0v) is 30.2. The van der Waals surface area contributed by atoms with Crippen molar-refractivity contribution in [2.75, 3.05) is 15.1 Å². The molecule has 0 nitrogen and oxygen atoms in total. The van der Waals surface area contributed by atoms with E-state index in [0.717, 1.165) is 0 Å². The summed E-state index contributed by atoms with van der Waals surface area (Å²) in [5.41, 5.74) is 0. The molecule has 0 N–H and O–H groups in total. The third-order valence-corrected chi connectivity index (χ3v) is 23.5. The molecule has 0 aliphatic heterocycles. The molecule has 0 heterocycles. The summed E-state index contributed by atoms with van der Waals surface area (Å²) in [4.78, 5) is 0. The summed E-state index contributed by atoms with van der Waals surface area (Å²) in [6.45, 7) is 4.00. The van der Waals surface area contributed by atoms with Crippen LogP contribution in [0.25, 0.3) is 0 Å². The molecule has 45 heavy (non-hydrogen) atoms. The first-order valence-electron chi connectivity index (χ1n) is 15.6. The molecule has 0 fully saturated rings. The van der Waals surface area contributed by atoms with E-state index >= 15 is 0 Å². The first-order chi connectivity index (χ1) is 22.3. The van der Waals surface area contributed by atoms with Gasteiger partial charge in [-0.15, -0.1) is 0 Å². The van der Waals surface area contributed by atoms with Crippen LogP contribution < -0.4 is 31.8 Å². The second-order valence-corrected chi connectivity index (χ2v) is 22.3. The van der Waals surface area contributed by atoms with E-state index in [-0.39, 0.29) is 0 Å². The van der Waals surface area contributed by atoms with Crippen LogP contribution in [0.4, 0.5) is 0 Å². The summed E-state index contributed by atoms with van der Waals surface area (Å²) in [6, 6.07) is 68.1. The second-order valence-electron chi connectivity index (χ2n) is 10.3. The third kappa shape index (κ3) is 9.57. The molecule has 0 unspecified atom stereocenters. The van der Waals surface area contributed by atoms with Crippen molar-refractivity contribution in [3.63, 3.8) is 0 Å². The number of hydrogen-bond acceptors (Lipinski definition) is 0. The van der Waals surface area contributed by atoms with Gasteiger partial charge in [0.15, 0.2) is 0 Å². The number of benzene rings is 6. The quantitative estimate of drug-likeness (QED) is 0.113. The minimum atomic E-state index is -1.15. The molecule has 0 radical (unpaired) electrons. The molecule has 0 saturated carbocycles. The summed E-state index contributed by atoms with van der Waals surface area (Å²) >= 11 is -1.15. The second kappa shape index (κ2) is 18.3. The molecule has 227 valence electrons.